The van der Waals surface area contributed by atoms with Crippen molar-refractivity contribution in [3.63, 3.8) is 0 Å². The zero-order valence-electron chi connectivity index (χ0n) is 18.4. The number of H-pyrrole nitrogens is 1. The van der Waals surface area contributed by atoms with E-state index in [1.807, 2.05) is 0 Å². The van der Waals surface area contributed by atoms with Crippen LogP contribution in [0.4, 0.5) is 0 Å². The van der Waals surface area contributed by atoms with Crippen molar-refractivity contribution in [2.24, 2.45) is 0 Å². The smallest absolute Gasteiger partial charge is 0.330 e. The number of aromatic amines is 1. The quantitative estimate of drug-likeness (QED) is 0.470. The summed E-state index contributed by atoms with van der Waals surface area (Å²) in [5.41, 5.74) is -0.678. The molecule has 0 saturated carbocycles. The first-order valence-electron chi connectivity index (χ1n) is 9.79. The van der Waals surface area contributed by atoms with E-state index in [0.717, 1.165) is 0 Å². The number of methoxy groups -OCH3 is 1. The van der Waals surface area contributed by atoms with Crippen LogP contribution < -0.4 is 11.2 Å². The molecule has 10 heteroatoms. The van der Waals surface area contributed by atoms with E-state index in [0.29, 0.717) is 12.2 Å². The van der Waals surface area contributed by atoms with Gasteiger partial charge in [0.25, 0.3) is 5.56 Å². The van der Waals surface area contributed by atoms with Crippen LogP contribution in [0.2, 0.25) is 18.1 Å². The molecule has 166 valence electrons. The lowest BCUT2D eigenvalue weighted by Crippen LogP contribution is -2.50. The molecule has 1 unspecified atom stereocenters. The molecule has 1 aliphatic rings. The van der Waals surface area contributed by atoms with Gasteiger partial charge in [-0.05, 0) is 25.1 Å². The Balaban J connectivity index is 2.45. The van der Waals surface area contributed by atoms with E-state index in [9.17, 15) is 14.7 Å². The Morgan fingerprint density at radius 3 is 2.45 bits per heavy atom. The predicted molar refractivity (Wildman–Crippen MR) is 111 cm³/mol. The standard InChI is InChI=1S/C19H34N2O7Si/c1-12-10-21(18(24)20-16(12)23)17-15(26-9-8-25-5)14(13(11-22)27-17)28-29(6,7)19(2,3)4/h10,13-15,17,22H,8-9,11H2,1-7H3,(H,20,23,24)/t13-,14?,15+,17+/m1/s1. The van der Waals surface area contributed by atoms with Crippen molar-refractivity contribution in [1.82, 2.24) is 9.55 Å². The summed E-state index contributed by atoms with van der Waals surface area (Å²) >= 11 is 0. The van der Waals surface area contributed by atoms with Crippen LogP contribution in [0.1, 0.15) is 32.6 Å². The molecule has 1 saturated heterocycles. The Bertz CT molecular complexity index is 799. The Kier molecular flexibility index (Phi) is 7.63. The molecule has 4 atom stereocenters. The lowest BCUT2D eigenvalue weighted by Gasteiger charge is -2.40. The molecular weight excluding hydrogens is 396 g/mol. The first kappa shape index (κ1) is 24.0. The summed E-state index contributed by atoms with van der Waals surface area (Å²) in [7, 11) is -0.658. The normalized spacial score (nSPS) is 25.5. The third kappa shape index (κ3) is 5.25. The van der Waals surface area contributed by atoms with Crippen LogP contribution in [0.5, 0.6) is 0 Å². The van der Waals surface area contributed by atoms with Crippen molar-refractivity contribution in [1.29, 1.82) is 0 Å². The summed E-state index contributed by atoms with van der Waals surface area (Å²) in [5.74, 6) is 0. The highest BCUT2D eigenvalue weighted by atomic mass is 28.4. The zero-order chi connectivity index (χ0) is 22.0. The highest BCUT2D eigenvalue weighted by Crippen LogP contribution is 2.41. The molecule has 1 aliphatic heterocycles. The summed E-state index contributed by atoms with van der Waals surface area (Å²) in [6.07, 6.45) is -1.29. The molecule has 29 heavy (non-hydrogen) atoms. The number of hydrogen-bond donors (Lipinski definition) is 2. The van der Waals surface area contributed by atoms with Crippen molar-refractivity contribution >= 4 is 8.32 Å². The van der Waals surface area contributed by atoms with Gasteiger partial charge >= 0.3 is 5.69 Å². The van der Waals surface area contributed by atoms with E-state index in [4.69, 9.17) is 18.6 Å². The fraction of sp³-hybridized carbons (Fsp3) is 0.789. The Morgan fingerprint density at radius 1 is 1.24 bits per heavy atom. The van der Waals surface area contributed by atoms with Crippen LogP contribution in [0, 0.1) is 6.92 Å². The van der Waals surface area contributed by atoms with Crippen LogP contribution in [0.25, 0.3) is 0 Å². The first-order chi connectivity index (χ1) is 13.4. The number of ether oxygens (including phenoxy) is 3. The molecule has 1 aromatic heterocycles. The molecule has 2 heterocycles. The van der Waals surface area contributed by atoms with Gasteiger partial charge in [-0.2, -0.15) is 0 Å². The number of nitrogens with zero attached hydrogens (tertiary/aromatic N) is 1. The average Bonchev–Trinajstić information content (AvgIpc) is 2.94. The summed E-state index contributed by atoms with van der Waals surface area (Å²) in [5, 5.41) is 9.88. The topological polar surface area (TPSA) is 112 Å². The maximum atomic E-state index is 12.5. The fourth-order valence-electron chi connectivity index (χ4n) is 2.96. The Morgan fingerprint density at radius 2 is 1.90 bits per heavy atom. The van der Waals surface area contributed by atoms with Crippen LogP contribution in [0.15, 0.2) is 15.8 Å². The van der Waals surface area contributed by atoms with E-state index in [-0.39, 0.29) is 18.3 Å². The minimum absolute atomic E-state index is 0.0619. The number of aryl methyl sites for hydroxylation is 1. The van der Waals surface area contributed by atoms with Crippen molar-refractivity contribution in [2.75, 3.05) is 26.9 Å². The van der Waals surface area contributed by atoms with Gasteiger partial charge in [-0.1, -0.05) is 20.8 Å². The fourth-order valence-corrected chi connectivity index (χ4v) is 4.28. The molecule has 0 bridgehead atoms. The van der Waals surface area contributed by atoms with E-state index in [1.165, 1.54) is 10.8 Å². The largest absolute Gasteiger partial charge is 0.408 e. The highest BCUT2D eigenvalue weighted by Gasteiger charge is 2.51. The minimum atomic E-state index is -2.23. The van der Waals surface area contributed by atoms with E-state index in [1.54, 1.807) is 14.0 Å². The van der Waals surface area contributed by atoms with Crippen molar-refractivity contribution in [3.05, 3.63) is 32.6 Å². The molecule has 0 aromatic carbocycles. The minimum Gasteiger partial charge on any atom is -0.408 e. The van der Waals surface area contributed by atoms with Gasteiger partial charge in [-0.25, -0.2) is 4.79 Å². The second-order valence-electron chi connectivity index (χ2n) is 8.90. The molecule has 0 amide bonds. The number of aromatic nitrogens is 2. The lowest BCUT2D eigenvalue weighted by atomic mass is 10.1. The Hall–Kier alpha value is -1.30. The van der Waals surface area contributed by atoms with Crippen LogP contribution in [-0.2, 0) is 18.6 Å². The average molecular weight is 431 g/mol. The SMILES string of the molecule is COCCO[C@H]1C(O[Si](C)(C)C(C)(C)C)[C@@H](CO)O[C@@H]1n1cc(C)c(=O)[nH]c1=O. The van der Waals surface area contributed by atoms with Crippen LogP contribution in [-0.4, -0.2) is 68.2 Å². The predicted octanol–water partition coefficient (Wildman–Crippen LogP) is 1.16. The molecular formula is C19H34N2O7Si. The summed E-state index contributed by atoms with van der Waals surface area (Å²) in [6, 6.07) is 0. The van der Waals surface area contributed by atoms with Gasteiger partial charge in [0.15, 0.2) is 14.5 Å². The maximum Gasteiger partial charge on any atom is 0.330 e. The zero-order valence-corrected chi connectivity index (χ0v) is 19.4. The van der Waals surface area contributed by atoms with Gasteiger partial charge in [-0.15, -0.1) is 0 Å². The van der Waals surface area contributed by atoms with Gasteiger partial charge in [0, 0.05) is 18.9 Å². The number of aliphatic hydroxyl groups is 1. The van der Waals surface area contributed by atoms with Crippen molar-refractivity contribution in [3.8, 4) is 0 Å². The van der Waals surface area contributed by atoms with Crippen LogP contribution >= 0.6 is 0 Å². The van der Waals surface area contributed by atoms with E-state index < -0.39 is 44.1 Å². The summed E-state index contributed by atoms with van der Waals surface area (Å²) in [6.45, 7) is 12.5. The molecule has 9 nitrogen and oxygen atoms in total. The third-order valence-electron chi connectivity index (χ3n) is 5.72. The molecule has 0 radical (unpaired) electrons. The van der Waals surface area contributed by atoms with Crippen LogP contribution in [0.3, 0.4) is 0 Å². The van der Waals surface area contributed by atoms with Crippen molar-refractivity contribution in [2.45, 2.75) is 70.4 Å². The summed E-state index contributed by atoms with van der Waals surface area (Å²) < 4.78 is 25.0. The maximum absolute atomic E-state index is 12.5. The second-order valence-corrected chi connectivity index (χ2v) is 13.7. The monoisotopic (exact) mass is 430 g/mol. The van der Waals surface area contributed by atoms with Crippen molar-refractivity contribution < 1.29 is 23.7 Å². The Labute approximate surface area is 172 Å². The van der Waals surface area contributed by atoms with Gasteiger partial charge in [0.05, 0.1) is 19.8 Å². The van der Waals surface area contributed by atoms with Gasteiger partial charge in [0.1, 0.15) is 18.3 Å². The number of hydrogen-bond acceptors (Lipinski definition) is 7. The van der Waals surface area contributed by atoms with Gasteiger partial charge in [0.2, 0.25) is 0 Å². The van der Waals surface area contributed by atoms with Gasteiger partial charge in [-0.3, -0.25) is 14.3 Å². The highest BCUT2D eigenvalue weighted by molar-refractivity contribution is 6.74. The molecule has 2 N–H and O–H groups in total. The molecule has 2 rings (SSSR count). The molecule has 1 fully saturated rings. The van der Waals surface area contributed by atoms with Gasteiger partial charge < -0.3 is 23.7 Å². The first-order valence-corrected chi connectivity index (χ1v) is 12.7. The second kappa shape index (κ2) is 9.23. The van der Waals surface area contributed by atoms with E-state index in [2.05, 4.69) is 38.8 Å². The molecule has 1 aromatic rings. The lowest BCUT2D eigenvalue weighted by molar-refractivity contribution is -0.0814. The third-order valence-corrected chi connectivity index (χ3v) is 10.2. The number of aliphatic hydroxyl groups excluding tert-OH is 1. The number of nitrogens with one attached hydrogen (secondary N) is 1. The van der Waals surface area contributed by atoms with E-state index >= 15 is 0 Å². The number of rotatable bonds is 8. The molecule has 0 aliphatic carbocycles. The molecule has 0 spiro atoms. The summed E-state index contributed by atoms with van der Waals surface area (Å²) in [4.78, 5) is 26.5.